The lowest BCUT2D eigenvalue weighted by Gasteiger charge is -2.08. The van der Waals surface area contributed by atoms with Crippen molar-refractivity contribution in [2.24, 2.45) is 0 Å². The van der Waals surface area contributed by atoms with Crippen molar-refractivity contribution in [2.75, 3.05) is 73.1 Å². The summed E-state index contributed by atoms with van der Waals surface area (Å²) in [5.74, 6) is 0.0296. The number of rotatable bonds is 18. The second-order valence-corrected chi connectivity index (χ2v) is 4.90. The van der Waals surface area contributed by atoms with Crippen molar-refractivity contribution in [2.45, 2.75) is 26.2 Å². The van der Waals surface area contributed by atoms with Gasteiger partial charge in [0.05, 0.1) is 46.2 Å². The van der Waals surface area contributed by atoms with Crippen molar-refractivity contribution in [3.63, 3.8) is 0 Å². The van der Waals surface area contributed by atoms with Gasteiger partial charge in [0.2, 0.25) is 5.91 Å². The van der Waals surface area contributed by atoms with Crippen LogP contribution in [0.25, 0.3) is 0 Å². The summed E-state index contributed by atoms with van der Waals surface area (Å²) in [5, 5.41) is 2.79. The quantitative estimate of drug-likeness (QED) is 0.377. The highest BCUT2D eigenvalue weighted by Gasteiger charge is 1.99. The number of amides is 1. The Morgan fingerprint density at radius 1 is 0.783 bits per heavy atom. The molecule has 0 aliphatic heterocycles. The summed E-state index contributed by atoms with van der Waals surface area (Å²) in [4.78, 5) is 11.4. The van der Waals surface area contributed by atoms with E-state index in [9.17, 15) is 4.79 Å². The van der Waals surface area contributed by atoms with Crippen molar-refractivity contribution in [1.82, 2.24) is 5.32 Å². The predicted octanol–water partition coefficient (Wildman–Crippen LogP) is 1.01. The highest BCUT2D eigenvalue weighted by atomic mass is 16.6. The Kier molecular flexibility index (Phi) is 18.7. The van der Waals surface area contributed by atoms with E-state index in [2.05, 4.69) is 12.2 Å². The monoisotopic (exact) mass is 335 g/mol. The molecule has 0 aromatic rings. The average Bonchev–Trinajstić information content (AvgIpc) is 2.55. The van der Waals surface area contributed by atoms with Gasteiger partial charge < -0.3 is 29.0 Å². The molecule has 0 rings (SSSR count). The molecule has 0 radical (unpaired) electrons. The molecule has 7 nitrogen and oxygen atoms in total. The van der Waals surface area contributed by atoms with Crippen LogP contribution in [-0.4, -0.2) is 79.0 Å². The van der Waals surface area contributed by atoms with Gasteiger partial charge in [-0.15, -0.1) is 0 Å². The first kappa shape index (κ1) is 22.3. The van der Waals surface area contributed by atoms with Gasteiger partial charge in [-0.3, -0.25) is 4.79 Å². The van der Waals surface area contributed by atoms with Gasteiger partial charge in [0.25, 0.3) is 0 Å². The van der Waals surface area contributed by atoms with Crippen molar-refractivity contribution < 1.29 is 28.5 Å². The van der Waals surface area contributed by atoms with Gasteiger partial charge in [0, 0.05) is 33.3 Å². The van der Waals surface area contributed by atoms with Crippen LogP contribution in [-0.2, 0) is 28.5 Å². The zero-order chi connectivity index (χ0) is 17.0. The van der Waals surface area contributed by atoms with Crippen molar-refractivity contribution >= 4 is 5.91 Å². The third kappa shape index (κ3) is 19.2. The number of nitrogens with one attached hydrogen (secondary N) is 1. The molecule has 0 aliphatic carbocycles. The van der Waals surface area contributed by atoms with E-state index in [1.54, 1.807) is 7.11 Å². The number of methoxy groups -OCH3 is 1. The molecule has 0 aromatic heterocycles. The third-order valence-corrected chi connectivity index (χ3v) is 2.79. The first-order chi connectivity index (χ1) is 11.3. The normalized spacial score (nSPS) is 10.9. The number of ether oxygens (including phenoxy) is 5. The molecule has 23 heavy (non-hydrogen) atoms. The minimum absolute atomic E-state index is 0.0296. The second kappa shape index (κ2) is 19.3. The van der Waals surface area contributed by atoms with Crippen LogP contribution in [0, 0.1) is 0 Å². The largest absolute Gasteiger partial charge is 0.385 e. The van der Waals surface area contributed by atoms with E-state index >= 15 is 0 Å². The van der Waals surface area contributed by atoms with E-state index in [1.807, 2.05) is 0 Å². The molecule has 0 atom stereocenters. The Hall–Kier alpha value is -0.730. The standard InChI is InChI=1S/C16H33NO6/c1-3-7-20-10-12-22-14-15-23-13-11-21-9-6-17-16(18)5-4-8-19-2/h3-15H2,1-2H3,(H,17,18). The first-order valence-electron chi connectivity index (χ1n) is 8.37. The van der Waals surface area contributed by atoms with E-state index in [-0.39, 0.29) is 5.91 Å². The van der Waals surface area contributed by atoms with Crippen LogP contribution in [0.15, 0.2) is 0 Å². The van der Waals surface area contributed by atoms with Crippen LogP contribution >= 0.6 is 0 Å². The zero-order valence-corrected chi connectivity index (χ0v) is 14.6. The van der Waals surface area contributed by atoms with Gasteiger partial charge in [-0.25, -0.2) is 0 Å². The summed E-state index contributed by atoms with van der Waals surface area (Å²) in [6.45, 7) is 7.86. The summed E-state index contributed by atoms with van der Waals surface area (Å²) in [5.41, 5.74) is 0. The molecule has 0 aliphatic rings. The summed E-state index contributed by atoms with van der Waals surface area (Å²) in [7, 11) is 1.63. The van der Waals surface area contributed by atoms with E-state index in [4.69, 9.17) is 23.7 Å². The van der Waals surface area contributed by atoms with Crippen molar-refractivity contribution in [3.05, 3.63) is 0 Å². The molecule has 0 saturated heterocycles. The summed E-state index contributed by atoms with van der Waals surface area (Å²) in [6, 6.07) is 0. The van der Waals surface area contributed by atoms with Crippen LogP contribution in [0.2, 0.25) is 0 Å². The Labute approximate surface area is 139 Å². The maximum atomic E-state index is 11.4. The van der Waals surface area contributed by atoms with E-state index < -0.39 is 0 Å². The molecule has 0 fully saturated rings. The van der Waals surface area contributed by atoms with Gasteiger partial charge >= 0.3 is 0 Å². The SMILES string of the molecule is CCCOCCOCCOCCOCCNC(=O)CCCOC. The van der Waals surface area contributed by atoms with Crippen LogP contribution < -0.4 is 5.32 Å². The number of hydrogen-bond acceptors (Lipinski definition) is 6. The van der Waals surface area contributed by atoms with Crippen LogP contribution in [0.1, 0.15) is 26.2 Å². The Morgan fingerprint density at radius 2 is 1.30 bits per heavy atom. The van der Waals surface area contributed by atoms with E-state index in [0.29, 0.717) is 65.8 Å². The molecular formula is C16H33NO6. The van der Waals surface area contributed by atoms with Gasteiger partial charge in [0.1, 0.15) is 0 Å². The van der Waals surface area contributed by atoms with Gasteiger partial charge in [-0.1, -0.05) is 6.92 Å². The van der Waals surface area contributed by atoms with Crippen molar-refractivity contribution in [3.8, 4) is 0 Å². The maximum absolute atomic E-state index is 11.4. The van der Waals surface area contributed by atoms with Crippen LogP contribution in [0.3, 0.4) is 0 Å². The Balaban J connectivity index is 3.06. The fourth-order valence-electron chi connectivity index (χ4n) is 1.63. The zero-order valence-electron chi connectivity index (χ0n) is 14.6. The van der Waals surface area contributed by atoms with Gasteiger partial charge in [0.15, 0.2) is 0 Å². The highest BCUT2D eigenvalue weighted by Crippen LogP contribution is 1.89. The number of carbonyl (C=O) groups is 1. The van der Waals surface area contributed by atoms with Gasteiger partial charge in [-0.2, -0.15) is 0 Å². The molecule has 1 N–H and O–H groups in total. The Morgan fingerprint density at radius 3 is 1.83 bits per heavy atom. The molecule has 0 unspecified atom stereocenters. The first-order valence-corrected chi connectivity index (χ1v) is 8.37. The molecule has 138 valence electrons. The lowest BCUT2D eigenvalue weighted by molar-refractivity contribution is -0.121. The molecule has 0 saturated carbocycles. The van der Waals surface area contributed by atoms with Gasteiger partial charge in [-0.05, 0) is 12.8 Å². The number of carbonyl (C=O) groups excluding carboxylic acids is 1. The summed E-state index contributed by atoms with van der Waals surface area (Å²) in [6.07, 6.45) is 2.25. The van der Waals surface area contributed by atoms with Crippen molar-refractivity contribution in [1.29, 1.82) is 0 Å². The minimum Gasteiger partial charge on any atom is -0.385 e. The predicted molar refractivity (Wildman–Crippen MR) is 87.7 cm³/mol. The maximum Gasteiger partial charge on any atom is 0.220 e. The second-order valence-electron chi connectivity index (χ2n) is 4.90. The number of hydrogen-bond donors (Lipinski definition) is 1. The fourth-order valence-corrected chi connectivity index (χ4v) is 1.63. The summed E-state index contributed by atoms with van der Waals surface area (Å²) >= 11 is 0. The van der Waals surface area contributed by atoms with E-state index in [0.717, 1.165) is 19.4 Å². The lowest BCUT2D eigenvalue weighted by atomic mass is 10.3. The molecular weight excluding hydrogens is 302 g/mol. The highest BCUT2D eigenvalue weighted by molar-refractivity contribution is 5.75. The average molecular weight is 335 g/mol. The lowest BCUT2D eigenvalue weighted by Crippen LogP contribution is -2.27. The summed E-state index contributed by atoms with van der Waals surface area (Å²) < 4.78 is 26.2. The van der Waals surface area contributed by atoms with Crippen LogP contribution in [0.5, 0.6) is 0 Å². The van der Waals surface area contributed by atoms with E-state index in [1.165, 1.54) is 0 Å². The molecule has 7 heteroatoms. The molecule has 0 bridgehead atoms. The smallest absolute Gasteiger partial charge is 0.220 e. The Bertz CT molecular complexity index is 253. The molecule has 1 amide bonds. The minimum atomic E-state index is 0.0296. The molecule has 0 spiro atoms. The van der Waals surface area contributed by atoms with Crippen LogP contribution in [0.4, 0.5) is 0 Å². The molecule has 0 aromatic carbocycles. The third-order valence-electron chi connectivity index (χ3n) is 2.79. The topological polar surface area (TPSA) is 75.3 Å². The molecule has 0 heterocycles. The fraction of sp³-hybridized carbons (Fsp3) is 0.938.